The fraction of sp³-hybridized carbons (Fsp3) is 0.500. The van der Waals surface area contributed by atoms with Crippen molar-refractivity contribution in [1.82, 2.24) is 9.55 Å². The van der Waals surface area contributed by atoms with Crippen LogP contribution < -0.4 is 5.69 Å². The number of Topliss-reactive ketones (excluding diaryl/α,β-unsaturated/α-hetero) is 1. The van der Waals surface area contributed by atoms with Crippen LogP contribution >= 0.6 is 15.9 Å². The zero-order valence-electron chi connectivity index (χ0n) is 11.0. The van der Waals surface area contributed by atoms with E-state index >= 15 is 0 Å². The number of hydrogen-bond donors (Lipinski definition) is 0. The molecule has 0 unspecified atom stereocenters. The molecule has 0 saturated carbocycles. The highest BCUT2D eigenvalue weighted by Crippen LogP contribution is 2.16. The summed E-state index contributed by atoms with van der Waals surface area (Å²) in [6, 6.07) is 0. The van der Waals surface area contributed by atoms with Gasteiger partial charge in [-0.05, 0) is 36.7 Å². The number of rotatable bonds is 5. The fourth-order valence-electron chi connectivity index (χ4n) is 1.57. The third-order valence-corrected chi connectivity index (χ3v) is 3.66. The molecule has 1 heterocycles. The maximum Gasteiger partial charge on any atom is 0.348 e. The molecule has 0 radical (unpaired) electrons. The fourth-order valence-corrected chi connectivity index (χ4v) is 1.87. The van der Waals surface area contributed by atoms with Crippen LogP contribution in [0, 0.1) is 13.8 Å². The SMILES string of the molecule is CCOC(=O)CC(=O)Cn1c(C)c(Br)c(C)nc1=O. The molecule has 0 aliphatic heterocycles. The first-order valence-electron chi connectivity index (χ1n) is 5.77. The summed E-state index contributed by atoms with van der Waals surface area (Å²) in [5.41, 5.74) is 0.668. The van der Waals surface area contributed by atoms with E-state index in [0.717, 1.165) is 0 Å². The highest BCUT2D eigenvalue weighted by Gasteiger charge is 2.15. The van der Waals surface area contributed by atoms with Gasteiger partial charge in [-0.25, -0.2) is 4.79 Å². The Bertz CT molecular complexity index is 566. The molecule has 6 nitrogen and oxygen atoms in total. The van der Waals surface area contributed by atoms with Crippen molar-refractivity contribution in [2.75, 3.05) is 6.61 Å². The monoisotopic (exact) mass is 330 g/mol. The molecule has 19 heavy (non-hydrogen) atoms. The number of carbonyl (C=O) groups is 2. The minimum atomic E-state index is -0.586. The molecule has 104 valence electrons. The molecular formula is C12H15BrN2O4. The van der Waals surface area contributed by atoms with Gasteiger partial charge in [-0.3, -0.25) is 14.2 Å². The molecule has 0 aromatic carbocycles. The third-order valence-electron chi connectivity index (χ3n) is 2.52. The Morgan fingerprint density at radius 1 is 1.37 bits per heavy atom. The van der Waals surface area contributed by atoms with Crippen LogP contribution in [0.3, 0.4) is 0 Å². The summed E-state index contributed by atoms with van der Waals surface area (Å²) >= 11 is 3.30. The normalized spacial score (nSPS) is 10.3. The Hall–Kier alpha value is -1.50. The molecular weight excluding hydrogens is 316 g/mol. The van der Waals surface area contributed by atoms with Gasteiger partial charge in [0, 0.05) is 5.69 Å². The van der Waals surface area contributed by atoms with Gasteiger partial charge in [0.05, 0.1) is 23.3 Å². The van der Waals surface area contributed by atoms with E-state index in [9.17, 15) is 14.4 Å². The zero-order chi connectivity index (χ0) is 14.6. The highest BCUT2D eigenvalue weighted by atomic mass is 79.9. The number of nitrogens with zero attached hydrogens (tertiary/aromatic N) is 2. The smallest absolute Gasteiger partial charge is 0.348 e. The van der Waals surface area contributed by atoms with E-state index < -0.39 is 11.7 Å². The summed E-state index contributed by atoms with van der Waals surface area (Å²) in [5.74, 6) is -0.974. The number of esters is 1. The van der Waals surface area contributed by atoms with Crippen molar-refractivity contribution in [3.63, 3.8) is 0 Å². The second-order valence-corrected chi connectivity index (χ2v) is 4.78. The number of hydrogen-bond acceptors (Lipinski definition) is 5. The van der Waals surface area contributed by atoms with Crippen molar-refractivity contribution in [3.8, 4) is 0 Å². The number of aromatic nitrogens is 2. The molecule has 0 fully saturated rings. The number of halogens is 1. The van der Waals surface area contributed by atoms with Crippen LogP contribution in [0.25, 0.3) is 0 Å². The number of carbonyl (C=O) groups excluding carboxylic acids is 2. The van der Waals surface area contributed by atoms with E-state index in [0.29, 0.717) is 15.9 Å². The Morgan fingerprint density at radius 3 is 2.58 bits per heavy atom. The van der Waals surface area contributed by atoms with Crippen molar-refractivity contribution >= 4 is 27.7 Å². The largest absolute Gasteiger partial charge is 0.466 e. The van der Waals surface area contributed by atoms with Gasteiger partial charge in [0.1, 0.15) is 6.42 Å². The first-order valence-corrected chi connectivity index (χ1v) is 6.57. The van der Waals surface area contributed by atoms with Crippen LogP contribution in [0.4, 0.5) is 0 Å². The average Bonchev–Trinajstić information content (AvgIpc) is 2.32. The van der Waals surface area contributed by atoms with Crippen LogP contribution in [0.2, 0.25) is 0 Å². The topological polar surface area (TPSA) is 78.3 Å². The molecule has 0 N–H and O–H groups in total. The molecule has 0 aliphatic carbocycles. The van der Waals surface area contributed by atoms with Crippen molar-refractivity contribution in [2.24, 2.45) is 0 Å². The molecule has 1 rings (SSSR count). The molecule has 1 aromatic rings. The molecule has 0 spiro atoms. The van der Waals surface area contributed by atoms with Crippen molar-refractivity contribution < 1.29 is 14.3 Å². The van der Waals surface area contributed by atoms with E-state index in [1.807, 2.05) is 0 Å². The van der Waals surface area contributed by atoms with Crippen molar-refractivity contribution in [3.05, 3.63) is 26.3 Å². The number of ether oxygens (including phenoxy) is 1. The second kappa shape index (κ2) is 6.60. The summed E-state index contributed by atoms with van der Waals surface area (Å²) in [6.45, 7) is 5.11. The first-order chi connectivity index (χ1) is 8.86. The number of aryl methyl sites for hydroxylation is 1. The minimum absolute atomic E-state index is 0.185. The summed E-state index contributed by atoms with van der Waals surface area (Å²) in [4.78, 5) is 38.4. The van der Waals surface area contributed by atoms with Crippen LogP contribution in [0.15, 0.2) is 9.27 Å². The molecule has 0 amide bonds. The molecule has 0 atom stereocenters. The lowest BCUT2D eigenvalue weighted by Crippen LogP contribution is -2.30. The van der Waals surface area contributed by atoms with Gasteiger partial charge in [0.2, 0.25) is 0 Å². The lowest BCUT2D eigenvalue weighted by molar-refractivity contribution is -0.145. The van der Waals surface area contributed by atoms with Crippen LogP contribution in [0.5, 0.6) is 0 Å². The predicted molar refractivity (Wildman–Crippen MR) is 71.9 cm³/mol. The van der Waals surface area contributed by atoms with E-state index in [-0.39, 0.29) is 25.4 Å². The second-order valence-electron chi connectivity index (χ2n) is 3.99. The van der Waals surface area contributed by atoms with Gasteiger partial charge in [-0.1, -0.05) is 0 Å². The molecule has 0 bridgehead atoms. The summed E-state index contributed by atoms with van der Waals surface area (Å²) < 4.78 is 6.59. The van der Waals surface area contributed by atoms with Crippen LogP contribution in [-0.2, 0) is 20.9 Å². The minimum Gasteiger partial charge on any atom is -0.466 e. The standard InChI is InChI=1S/C12H15BrN2O4/c1-4-19-10(17)5-9(16)6-15-8(3)11(13)7(2)14-12(15)18/h4-6H2,1-3H3. The Balaban J connectivity index is 2.89. The zero-order valence-corrected chi connectivity index (χ0v) is 12.6. The lowest BCUT2D eigenvalue weighted by Gasteiger charge is -2.11. The summed E-state index contributed by atoms with van der Waals surface area (Å²) in [6.07, 6.45) is -0.342. The maximum atomic E-state index is 11.7. The van der Waals surface area contributed by atoms with Crippen molar-refractivity contribution in [1.29, 1.82) is 0 Å². The van der Waals surface area contributed by atoms with E-state index in [2.05, 4.69) is 25.7 Å². The molecule has 1 aromatic heterocycles. The summed E-state index contributed by atoms with van der Waals surface area (Å²) in [5, 5.41) is 0. The Morgan fingerprint density at radius 2 is 2.00 bits per heavy atom. The van der Waals surface area contributed by atoms with Crippen LogP contribution in [-0.4, -0.2) is 27.9 Å². The third kappa shape index (κ3) is 3.99. The van der Waals surface area contributed by atoms with E-state index in [1.54, 1.807) is 20.8 Å². The predicted octanol–water partition coefficient (Wildman–Crippen LogP) is 1.14. The van der Waals surface area contributed by atoms with Gasteiger partial charge in [0.25, 0.3) is 0 Å². The lowest BCUT2D eigenvalue weighted by atomic mass is 10.2. The first kappa shape index (κ1) is 15.6. The Kier molecular flexibility index (Phi) is 5.41. The average molecular weight is 331 g/mol. The summed E-state index contributed by atoms with van der Waals surface area (Å²) in [7, 11) is 0. The molecule has 0 aliphatic rings. The molecule has 7 heteroatoms. The van der Waals surface area contributed by atoms with E-state index in [1.165, 1.54) is 4.57 Å². The highest BCUT2D eigenvalue weighted by molar-refractivity contribution is 9.10. The van der Waals surface area contributed by atoms with Gasteiger partial charge in [-0.15, -0.1) is 0 Å². The van der Waals surface area contributed by atoms with Gasteiger partial charge in [0.15, 0.2) is 5.78 Å². The Labute approximate surface area is 118 Å². The maximum absolute atomic E-state index is 11.7. The molecule has 0 saturated heterocycles. The number of ketones is 1. The van der Waals surface area contributed by atoms with Crippen LogP contribution in [0.1, 0.15) is 24.7 Å². The van der Waals surface area contributed by atoms with Crippen molar-refractivity contribution in [2.45, 2.75) is 33.7 Å². The quantitative estimate of drug-likeness (QED) is 0.597. The van der Waals surface area contributed by atoms with Gasteiger partial charge >= 0.3 is 11.7 Å². The van der Waals surface area contributed by atoms with E-state index in [4.69, 9.17) is 0 Å². The van der Waals surface area contributed by atoms with Gasteiger partial charge in [-0.2, -0.15) is 4.98 Å². The van der Waals surface area contributed by atoms with Gasteiger partial charge < -0.3 is 4.74 Å².